The van der Waals surface area contributed by atoms with Gasteiger partial charge in [0.15, 0.2) is 0 Å². The summed E-state index contributed by atoms with van der Waals surface area (Å²) < 4.78 is 7.36. The lowest BCUT2D eigenvalue weighted by Gasteiger charge is -2.09. The molecule has 0 unspecified atom stereocenters. The second kappa shape index (κ2) is 6.56. The summed E-state index contributed by atoms with van der Waals surface area (Å²) in [7, 11) is 0. The van der Waals surface area contributed by atoms with Gasteiger partial charge in [-0.1, -0.05) is 12.2 Å². The SMILES string of the molecule is CCOc1c(Br)cc(C=CCCl)cc1Br. The standard InChI is InChI=1S/C11H11Br2ClO/c1-2-15-11-9(12)6-8(4-3-5-14)7-10(11)13/h3-4,6-7H,2,5H2,1H3. The summed E-state index contributed by atoms with van der Waals surface area (Å²) in [6.07, 6.45) is 3.87. The molecule has 0 saturated carbocycles. The molecule has 0 radical (unpaired) electrons. The molecule has 1 nitrogen and oxygen atoms in total. The molecule has 0 atom stereocenters. The normalized spacial score (nSPS) is 10.9. The van der Waals surface area contributed by atoms with Crippen LogP contribution >= 0.6 is 43.5 Å². The van der Waals surface area contributed by atoms with Gasteiger partial charge in [0.05, 0.1) is 15.6 Å². The molecule has 0 saturated heterocycles. The third-order valence-corrected chi connectivity index (χ3v) is 3.06. The quantitative estimate of drug-likeness (QED) is 0.702. The average molecular weight is 354 g/mol. The van der Waals surface area contributed by atoms with Gasteiger partial charge in [0, 0.05) is 5.88 Å². The zero-order valence-corrected chi connectivity index (χ0v) is 12.2. The number of ether oxygens (including phenoxy) is 1. The highest BCUT2D eigenvalue weighted by Gasteiger charge is 2.06. The average Bonchev–Trinajstić information content (AvgIpc) is 2.20. The van der Waals surface area contributed by atoms with E-state index in [-0.39, 0.29) is 0 Å². The van der Waals surface area contributed by atoms with E-state index >= 15 is 0 Å². The number of benzene rings is 1. The Hall–Kier alpha value is 0.01000. The Kier molecular flexibility index (Phi) is 5.72. The zero-order valence-electron chi connectivity index (χ0n) is 8.27. The van der Waals surface area contributed by atoms with Crippen LogP contribution in [0.3, 0.4) is 0 Å². The predicted molar refractivity (Wildman–Crippen MR) is 72.8 cm³/mol. The van der Waals surface area contributed by atoms with Crippen LogP contribution in [0.4, 0.5) is 0 Å². The van der Waals surface area contributed by atoms with Gasteiger partial charge in [-0.15, -0.1) is 11.6 Å². The lowest BCUT2D eigenvalue weighted by Crippen LogP contribution is -1.93. The van der Waals surface area contributed by atoms with Crippen LogP contribution < -0.4 is 4.74 Å². The highest BCUT2D eigenvalue weighted by molar-refractivity contribution is 9.11. The van der Waals surface area contributed by atoms with E-state index in [0.29, 0.717) is 12.5 Å². The predicted octanol–water partition coefficient (Wildman–Crippen LogP) is 4.86. The van der Waals surface area contributed by atoms with E-state index in [9.17, 15) is 0 Å². The molecule has 0 aliphatic heterocycles. The third kappa shape index (κ3) is 3.82. The Balaban J connectivity index is 3.02. The lowest BCUT2D eigenvalue weighted by atomic mass is 10.2. The molecule has 0 amide bonds. The van der Waals surface area contributed by atoms with Crippen LogP contribution in [0.1, 0.15) is 12.5 Å². The van der Waals surface area contributed by atoms with Gasteiger partial charge >= 0.3 is 0 Å². The highest BCUT2D eigenvalue weighted by atomic mass is 79.9. The summed E-state index contributed by atoms with van der Waals surface area (Å²) in [6.45, 7) is 2.61. The number of hydrogen-bond donors (Lipinski definition) is 0. The fraction of sp³-hybridized carbons (Fsp3) is 0.273. The molecule has 15 heavy (non-hydrogen) atoms. The molecule has 0 N–H and O–H groups in total. The first-order valence-corrected chi connectivity index (χ1v) is 6.65. The van der Waals surface area contributed by atoms with Gasteiger partial charge in [0.1, 0.15) is 5.75 Å². The van der Waals surface area contributed by atoms with Gasteiger partial charge < -0.3 is 4.74 Å². The van der Waals surface area contributed by atoms with Crippen molar-refractivity contribution in [2.45, 2.75) is 6.92 Å². The van der Waals surface area contributed by atoms with Gasteiger partial charge in [0.2, 0.25) is 0 Å². The molecule has 0 fully saturated rings. The summed E-state index contributed by atoms with van der Waals surface area (Å²) in [4.78, 5) is 0. The summed E-state index contributed by atoms with van der Waals surface area (Å²) >= 11 is 12.5. The van der Waals surface area contributed by atoms with Crippen molar-refractivity contribution in [3.05, 3.63) is 32.7 Å². The fourth-order valence-electron chi connectivity index (χ4n) is 1.14. The first-order chi connectivity index (χ1) is 7.19. The van der Waals surface area contributed by atoms with Crippen LogP contribution in [0.25, 0.3) is 6.08 Å². The van der Waals surface area contributed by atoms with E-state index in [1.54, 1.807) is 0 Å². The summed E-state index contributed by atoms with van der Waals surface area (Å²) in [5, 5.41) is 0. The molecule has 82 valence electrons. The number of halogens is 3. The molecule has 0 bridgehead atoms. The summed E-state index contributed by atoms with van der Waals surface area (Å²) in [5.41, 5.74) is 1.08. The molecular formula is C11H11Br2ClO. The Labute approximate surface area is 112 Å². The van der Waals surface area contributed by atoms with Crippen LogP contribution in [-0.4, -0.2) is 12.5 Å². The minimum absolute atomic E-state index is 0.516. The molecule has 0 aliphatic rings. The first-order valence-electron chi connectivity index (χ1n) is 4.53. The zero-order chi connectivity index (χ0) is 11.3. The van der Waals surface area contributed by atoms with Crippen LogP contribution in [0.5, 0.6) is 5.75 Å². The van der Waals surface area contributed by atoms with Crippen molar-refractivity contribution in [2.75, 3.05) is 12.5 Å². The van der Waals surface area contributed by atoms with Crippen molar-refractivity contribution in [2.24, 2.45) is 0 Å². The minimum Gasteiger partial charge on any atom is -0.492 e. The maximum Gasteiger partial charge on any atom is 0.147 e. The molecular weight excluding hydrogens is 343 g/mol. The van der Waals surface area contributed by atoms with E-state index in [0.717, 1.165) is 20.3 Å². The van der Waals surface area contributed by atoms with Crippen molar-refractivity contribution in [1.29, 1.82) is 0 Å². The van der Waals surface area contributed by atoms with Crippen molar-refractivity contribution >= 4 is 49.5 Å². The lowest BCUT2D eigenvalue weighted by molar-refractivity contribution is 0.336. The Bertz CT molecular complexity index is 341. The van der Waals surface area contributed by atoms with Crippen LogP contribution in [0.2, 0.25) is 0 Å². The number of hydrogen-bond acceptors (Lipinski definition) is 1. The summed E-state index contributed by atoms with van der Waals surface area (Å²) in [6, 6.07) is 4.00. The largest absolute Gasteiger partial charge is 0.492 e. The van der Waals surface area contributed by atoms with Gasteiger partial charge in [-0.3, -0.25) is 0 Å². The summed E-state index contributed by atoms with van der Waals surface area (Å²) in [5.74, 6) is 1.35. The van der Waals surface area contributed by atoms with Gasteiger partial charge in [-0.2, -0.15) is 0 Å². The van der Waals surface area contributed by atoms with Gasteiger partial charge in [-0.05, 0) is 56.5 Å². The van der Waals surface area contributed by atoms with E-state index < -0.39 is 0 Å². The molecule has 1 aromatic carbocycles. The molecule has 1 rings (SSSR count). The van der Waals surface area contributed by atoms with Crippen LogP contribution in [-0.2, 0) is 0 Å². The van der Waals surface area contributed by atoms with E-state index in [1.807, 2.05) is 31.2 Å². The van der Waals surface area contributed by atoms with E-state index in [4.69, 9.17) is 16.3 Å². The third-order valence-electron chi connectivity index (χ3n) is 1.71. The molecule has 0 spiro atoms. The Morgan fingerprint density at radius 1 is 1.33 bits per heavy atom. The first kappa shape index (κ1) is 13.1. The molecule has 0 heterocycles. The Morgan fingerprint density at radius 2 is 1.93 bits per heavy atom. The molecule has 0 aromatic heterocycles. The second-order valence-electron chi connectivity index (χ2n) is 2.80. The molecule has 4 heteroatoms. The van der Waals surface area contributed by atoms with Crippen molar-refractivity contribution in [3.8, 4) is 5.75 Å². The highest BCUT2D eigenvalue weighted by Crippen LogP contribution is 2.35. The van der Waals surface area contributed by atoms with Crippen molar-refractivity contribution in [3.63, 3.8) is 0 Å². The van der Waals surface area contributed by atoms with Crippen molar-refractivity contribution < 1.29 is 4.74 Å². The minimum atomic E-state index is 0.516. The maximum absolute atomic E-state index is 5.58. The van der Waals surface area contributed by atoms with Gasteiger partial charge in [0.25, 0.3) is 0 Å². The van der Waals surface area contributed by atoms with E-state index in [1.165, 1.54) is 0 Å². The number of alkyl halides is 1. The van der Waals surface area contributed by atoms with E-state index in [2.05, 4.69) is 31.9 Å². The molecule has 1 aromatic rings. The molecule has 0 aliphatic carbocycles. The second-order valence-corrected chi connectivity index (χ2v) is 4.82. The van der Waals surface area contributed by atoms with Crippen LogP contribution in [0, 0.1) is 0 Å². The number of rotatable bonds is 4. The van der Waals surface area contributed by atoms with Crippen LogP contribution in [0.15, 0.2) is 27.2 Å². The topological polar surface area (TPSA) is 9.23 Å². The van der Waals surface area contributed by atoms with Gasteiger partial charge in [-0.25, -0.2) is 0 Å². The van der Waals surface area contributed by atoms with Crippen molar-refractivity contribution in [1.82, 2.24) is 0 Å². The number of allylic oxidation sites excluding steroid dienone is 1. The Morgan fingerprint density at radius 3 is 2.40 bits per heavy atom. The monoisotopic (exact) mass is 352 g/mol. The maximum atomic E-state index is 5.58. The smallest absolute Gasteiger partial charge is 0.147 e. The fourth-order valence-corrected chi connectivity index (χ4v) is 2.68.